The summed E-state index contributed by atoms with van der Waals surface area (Å²) in [4.78, 5) is 0. The summed E-state index contributed by atoms with van der Waals surface area (Å²) in [6, 6.07) is 16.2. The molecule has 3 aromatic rings. The number of ether oxygens (including phenoxy) is 2. The molecular weight excluding hydrogens is 300 g/mol. The average molecular weight is 322 g/mol. The van der Waals surface area contributed by atoms with Crippen molar-refractivity contribution >= 4 is 16.6 Å². The van der Waals surface area contributed by atoms with Crippen molar-refractivity contribution < 1.29 is 9.47 Å². The minimum absolute atomic E-state index is 0.121. The maximum Gasteiger partial charge on any atom is 0.119 e. The first-order valence-corrected chi connectivity index (χ1v) is 7.89. The fraction of sp³-hybridized carbons (Fsp3) is 0.200. The molecule has 1 N–H and O–H groups in total. The first-order valence-electron chi connectivity index (χ1n) is 7.89. The molecule has 1 aromatic heterocycles. The molecule has 4 heteroatoms. The number of methoxy groups -OCH3 is 2. The average Bonchev–Trinajstić information content (AvgIpc) is 3.03. The minimum atomic E-state index is 0.121. The summed E-state index contributed by atoms with van der Waals surface area (Å²) < 4.78 is 12.7. The second-order valence-electron chi connectivity index (χ2n) is 5.61. The Kier molecular flexibility index (Phi) is 4.75. The van der Waals surface area contributed by atoms with Crippen LogP contribution in [0.5, 0.6) is 11.5 Å². The Hall–Kier alpha value is -2.88. The van der Waals surface area contributed by atoms with Gasteiger partial charge in [0, 0.05) is 29.3 Å². The molecule has 4 nitrogen and oxygen atoms in total. The van der Waals surface area contributed by atoms with Crippen LogP contribution in [0.3, 0.4) is 0 Å². The third kappa shape index (κ3) is 3.38. The normalized spacial score (nSPS) is 11.9. The lowest BCUT2D eigenvalue weighted by atomic mass is 10.2. The molecule has 0 saturated carbocycles. The molecule has 0 radical (unpaired) electrons. The third-order valence-electron chi connectivity index (χ3n) is 4.10. The lowest BCUT2D eigenvalue weighted by Crippen LogP contribution is -2.22. The smallest absolute Gasteiger partial charge is 0.119 e. The van der Waals surface area contributed by atoms with Crippen LogP contribution in [-0.4, -0.2) is 24.8 Å². The molecule has 124 valence electrons. The molecular formula is C20H22N2O2. The predicted molar refractivity (Wildman–Crippen MR) is 99.1 cm³/mol. The summed E-state index contributed by atoms with van der Waals surface area (Å²) in [6.07, 6.45) is 4.02. The minimum Gasteiger partial charge on any atom is -0.497 e. The first-order chi connectivity index (χ1) is 11.7. The van der Waals surface area contributed by atoms with Crippen LogP contribution in [0.15, 0.2) is 67.4 Å². The topological polar surface area (TPSA) is 35.4 Å². The van der Waals surface area contributed by atoms with Crippen LogP contribution in [-0.2, 0) is 6.54 Å². The van der Waals surface area contributed by atoms with Gasteiger partial charge in [-0.2, -0.15) is 0 Å². The third-order valence-corrected chi connectivity index (χ3v) is 4.10. The van der Waals surface area contributed by atoms with Crippen molar-refractivity contribution in [1.29, 1.82) is 0 Å². The molecule has 1 heterocycles. The maximum atomic E-state index is 5.28. The molecule has 1 atom stereocenters. The van der Waals surface area contributed by atoms with Gasteiger partial charge in [0.15, 0.2) is 0 Å². The van der Waals surface area contributed by atoms with E-state index in [1.54, 1.807) is 14.2 Å². The van der Waals surface area contributed by atoms with Gasteiger partial charge in [-0.25, -0.2) is 0 Å². The number of hydrogen-bond acceptors (Lipinski definition) is 3. The number of nitrogens with one attached hydrogen (secondary N) is 1. The van der Waals surface area contributed by atoms with E-state index < -0.39 is 0 Å². The van der Waals surface area contributed by atoms with E-state index in [2.05, 4.69) is 34.8 Å². The van der Waals surface area contributed by atoms with Gasteiger partial charge >= 0.3 is 0 Å². The summed E-state index contributed by atoms with van der Waals surface area (Å²) in [5.41, 5.74) is 2.22. The number of nitrogens with zero attached hydrogens (tertiary/aromatic N) is 1. The summed E-state index contributed by atoms with van der Waals surface area (Å²) >= 11 is 0. The highest BCUT2D eigenvalue weighted by Gasteiger charge is 2.08. The van der Waals surface area contributed by atoms with Crippen molar-refractivity contribution in [2.45, 2.75) is 12.6 Å². The molecule has 0 aliphatic rings. The quantitative estimate of drug-likeness (QED) is 0.658. The Morgan fingerprint density at radius 3 is 2.42 bits per heavy atom. The molecule has 0 aliphatic heterocycles. The Morgan fingerprint density at radius 2 is 1.75 bits per heavy atom. The van der Waals surface area contributed by atoms with E-state index in [1.807, 2.05) is 42.5 Å². The van der Waals surface area contributed by atoms with Crippen LogP contribution in [0.25, 0.3) is 10.9 Å². The number of hydrogen-bond donors (Lipinski definition) is 1. The molecule has 3 rings (SSSR count). The van der Waals surface area contributed by atoms with E-state index in [1.165, 1.54) is 10.9 Å². The summed E-state index contributed by atoms with van der Waals surface area (Å²) in [6.45, 7) is 4.76. The van der Waals surface area contributed by atoms with Gasteiger partial charge in [0.05, 0.1) is 20.3 Å². The van der Waals surface area contributed by atoms with Crippen LogP contribution in [0, 0.1) is 0 Å². The van der Waals surface area contributed by atoms with E-state index in [-0.39, 0.29) is 6.04 Å². The number of rotatable bonds is 7. The van der Waals surface area contributed by atoms with Gasteiger partial charge in [-0.1, -0.05) is 6.08 Å². The van der Waals surface area contributed by atoms with E-state index in [0.29, 0.717) is 0 Å². The summed E-state index contributed by atoms with van der Waals surface area (Å²) in [5, 5.41) is 4.65. The molecule has 0 bridgehead atoms. The number of anilines is 1. The van der Waals surface area contributed by atoms with Gasteiger partial charge < -0.3 is 19.4 Å². The van der Waals surface area contributed by atoms with E-state index in [9.17, 15) is 0 Å². The van der Waals surface area contributed by atoms with Crippen molar-refractivity contribution in [1.82, 2.24) is 4.57 Å². The molecule has 24 heavy (non-hydrogen) atoms. The Bertz CT molecular complexity index is 821. The molecule has 0 saturated heterocycles. The van der Waals surface area contributed by atoms with Gasteiger partial charge in [0.2, 0.25) is 0 Å². The monoisotopic (exact) mass is 322 g/mol. The van der Waals surface area contributed by atoms with Gasteiger partial charge in [0.25, 0.3) is 0 Å². The van der Waals surface area contributed by atoms with Crippen LogP contribution in [0.2, 0.25) is 0 Å². The second kappa shape index (κ2) is 7.13. The maximum absolute atomic E-state index is 5.28. The number of benzene rings is 2. The van der Waals surface area contributed by atoms with Crippen LogP contribution in [0.1, 0.15) is 0 Å². The first kappa shape index (κ1) is 16.0. The standard InChI is InChI=1S/C20H22N2O2/c1-4-16(21-17-5-7-18(23-2)8-6-17)14-22-12-11-15-13-19(24-3)9-10-20(15)22/h4-13,16,21H,1,14H2,2-3H3/t16-/m0/s1. The highest BCUT2D eigenvalue weighted by Crippen LogP contribution is 2.23. The zero-order chi connectivity index (χ0) is 16.9. The summed E-state index contributed by atoms with van der Waals surface area (Å²) in [5.74, 6) is 1.72. The van der Waals surface area contributed by atoms with Crippen molar-refractivity contribution in [2.75, 3.05) is 19.5 Å². The van der Waals surface area contributed by atoms with Crippen molar-refractivity contribution in [3.63, 3.8) is 0 Å². The van der Waals surface area contributed by atoms with Crippen molar-refractivity contribution in [2.24, 2.45) is 0 Å². The van der Waals surface area contributed by atoms with Crippen molar-refractivity contribution in [3.8, 4) is 11.5 Å². The van der Waals surface area contributed by atoms with Gasteiger partial charge in [-0.3, -0.25) is 0 Å². The Labute approximate surface area is 142 Å². The molecule has 0 unspecified atom stereocenters. The van der Waals surface area contributed by atoms with Crippen molar-refractivity contribution in [3.05, 3.63) is 67.4 Å². The van der Waals surface area contributed by atoms with Gasteiger partial charge in [-0.15, -0.1) is 6.58 Å². The zero-order valence-corrected chi connectivity index (χ0v) is 14.0. The Morgan fingerprint density at radius 1 is 1.04 bits per heavy atom. The van der Waals surface area contributed by atoms with Crippen LogP contribution >= 0.6 is 0 Å². The number of fused-ring (bicyclic) bond motifs is 1. The SMILES string of the molecule is C=C[C@@H](Cn1ccc2cc(OC)ccc21)Nc1ccc(OC)cc1. The summed E-state index contributed by atoms with van der Waals surface area (Å²) in [7, 11) is 3.35. The van der Waals surface area contributed by atoms with Crippen LogP contribution in [0.4, 0.5) is 5.69 Å². The lowest BCUT2D eigenvalue weighted by molar-refractivity contribution is 0.415. The fourth-order valence-corrected chi connectivity index (χ4v) is 2.76. The lowest BCUT2D eigenvalue weighted by Gasteiger charge is -2.18. The van der Waals surface area contributed by atoms with E-state index >= 15 is 0 Å². The largest absolute Gasteiger partial charge is 0.497 e. The second-order valence-corrected chi connectivity index (χ2v) is 5.61. The van der Waals surface area contributed by atoms with Gasteiger partial charge in [-0.05, 0) is 48.5 Å². The highest BCUT2D eigenvalue weighted by molar-refractivity contribution is 5.81. The fourth-order valence-electron chi connectivity index (χ4n) is 2.76. The van der Waals surface area contributed by atoms with E-state index in [0.717, 1.165) is 23.7 Å². The van der Waals surface area contributed by atoms with Crippen LogP contribution < -0.4 is 14.8 Å². The molecule has 0 spiro atoms. The predicted octanol–water partition coefficient (Wildman–Crippen LogP) is 4.33. The van der Waals surface area contributed by atoms with Gasteiger partial charge in [0.1, 0.15) is 11.5 Å². The molecule has 0 fully saturated rings. The number of aromatic nitrogens is 1. The molecule has 2 aromatic carbocycles. The molecule has 0 amide bonds. The highest BCUT2D eigenvalue weighted by atomic mass is 16.5. The Balaban J connectivity index is 1.76. The molecule has 0 aliphatic carbocycles. The zero-order valence-electron chi connectivity index (χ0n) is 14.0. The van der Waals surface area contributed by atoms with E-state index in [4.69, 9.17) is 9.47 Å².